The average molecular weight is 667 g/mol. The van der Waals surface area contributed by atoms with E-state index in [-0.39, 0.29) is 11.0 Å². The van der Waals surface area contributed by atoms with Crippen molar-refractivity contribution < 1.29 is 14.0 Å². The van der Waals surface area contributed by atoms with Crippen LogP contribution in [0.15, 0.2) is 12.1 Å². The molecular formula is C32H49BrClN3O3Si. The summed E-state index contributed by atoms with van der Waals surface area (Å²) in [6, 6.07) is 4.00. The lowest BCUT2D eigenvalue weighted by atomic mass is 9.95. The minimum Gasteiger partial charge on any atom is -0.461 e. The van der Waals surface area contributed by atoms with E-state index in [0.29, 0.717) is 30.4 Å². The molecular weight excluding hydrogens is 618 g/mol. The first kappa shape index (κ1) is 33.9. The topological polar surface area (TPSA) is 69.1 Å². The Morgan fingerprint density at radius 3 is 2.41 bits per heavy atom. The number of aromatic nitrogens is 3. The Hall–Kier alpha value is -1.61. The monoisotopic (exact) mass is 665 g/mol. The van der Waals surface area contributed by atoms with Gasteiger partial charge in [-0.1, -0.05) is 74.1 Å². The number of nitrogens with zero attached hydrogens (tertiary/aromatic N) is 2. The first-order valence-electron chi connectivity index (χ1n) is 15.1. The molecule has 6 nitrogen and oxygen atoms in total. The molecule has 2 heterocycles. The summed E-state index contributed by atoms with van der Waals surface area (Å²) in [7, 11) is 0.160. The molecule has 0 fully saturated rings. The highest BCUT2D eigenvalue weighted by Crippen LogP contribution is 2.42. The van der Waals surface area contributed by atoms with Gasteiger partial charge in [0.05, 0.1) is 22.8 Å². The van der Waals surface area contributed by atoms with Gasteiger partial charge in [-0.2, -0.15) is 5.10 Å². The molecule has 2 aromatic heterocycles. The van der Waals surface area contributed by atoms with Gasteiger partial charge in [-0.05, 0) is 75.2 Å². The number of esters is 1. The molecule has 0 radical (unpaired) electrons. The molecule has 0 aliphatic heterocycles. The molecule has 41 heavy (non-hydrogen) atoms. The molecule has 0 unspecified atom stereocenters. The molecule has 0 saturated heterocycles. The average Bonchev–Trinajstić information content (AvgIpc) is 3.42. The number of aromatic amines is 1. The van der Waals surface area contributed by atoms with Gasteiger partial charge in [0, 0.05) is 41.2 Å². The fourth-order valence-corrected chi connectivity index (χ4v) is 6.93. The quantitative estimate of drug-likeness (QED) is 0.0760. The number of unbranched alkanes of at least 4 members (excludes halogenated alkanes) is 3. The Bertz CT molecular complexity index is 1330. The van der Waals surface area contributed by atoms with Crippen molar-refractivity contribution in [3.05, 3.63) is 39.8 Å². The maximum absolute atomic E-state index is 13.2. The zero-order valence-corrected chi connectivity index (χ0v) is 29.6. The highest BCUT2D eigenvalue weighted by atomic mass is 79.9. The number of halogens is 2. The van der Waals surface area contributed by atoms with Crippen LogP contribution in [0.2, 0.25) is 23.2 Å². The van der Waals surface area contributed by atoms with Crippen LogP contribution >= 0.6 is 27.5 Å². The molecule has 3 rings (SSSR count). The lowest BCUT2D eigenvalue weighted by Gasteiger charge is -2.36. The van der Waals surface area contributed by atoms with Gasteiger partial charge in [-0.25, -0.2) is 4.79 Å². The van der Waals surface area contributed by atoms with Crippen LogP contribution in [0.3, 0.4) is 0 Å². The standard InChI is InChI=1S/C32H49BrClN3O3Si/c1-9-26-28(25(36-37(26)6)17-13-11-12-14-20-33)27-24(34)19-18-23-22(30(35-29(23)27)31(38)39-10-2)16-15-21-40-41(7,8)32(3,4)5/h18-19,35H,9-17,20-21H2,1-8H3. The van der Waals surface area contributed by atoms with E-state index in [1.807, 2.05) is 30.8 Å². The molecule has 1 aromatic carbocycles. The predicted octanol–water partition coefficient (Wildman–Crippen LogP) is 9.41. The van der Waals surface area contributed by atoms with Crippen molar-refractivity contribution in [3.8, 4) is 11.1 Å². The molecule has 0 bridgehead atoms. The fourth-order valence-electron chi connectivity index (χ4n) is 5.20. The van der Waals surface area contributed by atoms with Crippen molar-refractivity contribution in [1.29, 1.82) is 0 Å². The third-order valence-corrected chi connectivity index (χ3v) is 13.9. The molecule has 0 spiro atoms. The van der Waals surface area contributed by atoms with Crippen LogP contribution in [0.25, 0.3) is 22.0 Å². The van der Waals surface area contributed by atoms with Crippen LogP contribution < -0.4 is 0 Å². The van der Waals surface area contributed by atoms with E-state index in [1.165, 1.54) is 12.8 Å². The molecule has 228 valence electrons. The Labute approximate surface area is 261 Å². The van der Waals surface area contributed by atoms with Gasteiger partial charge >= 0.3 is 5.97 Å². The van der Waals surface area contributed by atoms with Gasteiger partial charge in [0.15, 0.2) is 8.32 Å². The van der Waals surface area contributed by atoms with Crippen molar-refractivity contribution in [1.82, 2.24) is 14.8 Å². The molecule has 0 aliphatic carbocycles. The van der Waals surface area contributed by atoms with E-state index >= 15 is 0 Å². The van der Waals surface area contributed by atoms with Gasteiger partial charge in [0.2, 0.25) is 0 Å². The molecule has 0 amide bonds. The third kappa shape index (κ3) is 7.87. The van der Waals surface area contributed by atoms with Crippen molar-refractivity contribution in [2.45, 2.75) is 104 Å². The van der Waals surface area contributed by atoms with Crippen LogP contribution in [0.5, 0.6) is 0 Å². The maximum atomic E-state index is 13.2. The summed E-state index contributed by atoms with van der Waals surface area (Å²) in [4.78, 5) is 16.7. The summed E-state index contributed by atoms with van der Waals surface area (Å²) < 4.78 is 13.9. The van der Waals surface area contributed by atoms with Crippen molar-refractivity contribution in [2.75, 3.05) is 18.5 Å². The number of aryl methyl sites for hydroxylation is 3. The molecule has 9 heteroatoms. The number of rotatable bonds is 15. The first-order valence-corrected chi connectivity index (χ1v) is 19.5. The lowest BCUT2D eigenvalue weighted by molar-refractivity contribution is 0.0519. The van der Waals surface area contributed by atoms with Crippen molar-refractivity contribution in [3.63, 3.8) is 0 Å². The van der Waals surface area contributed by atoms with E-state index in [2.05, 4.69) is 61.7 Å². The summed E-state index contributed by atoms with van der Waals surface area (Å²) in [5.41, 5.74) is 6.59. The minimum absolute atomic E-state index is 0.155. The van der Waals surface area contributed by atoms with Crippen LogP contribution in [-0.4, -0.2) is 47.6 Å². The fraction of sp³-hybridized carbons (Fsp3) is 0.625. The number of ether oxygens (including phenoxy) is 1. The van der Waals surface area contributed by atoms with E-state index < -0.39 is 8.32 Å². The Balaban J connectivity index is 2.06. The number of nitrogens with one attached hydrogen (secondary N) is 1. The summed E-state index contributed by atoms with van der Waals surface area (Å²) in [5.74, 6) is -0.333. The van der Waals surface area contributed by atoms with Crippen molar-refractivity contribution in [2.24, 2.45) is 7.05 Å². The number of hydrogen-bond acceptors (Lipinski definition) is 4. The SMILES string of the molecule is CCOC(=O)c1[nH]c2c(-c3c(CCCCCCBr)nn(C)c3CC)c(Cl)ccc2c1CCCO[Si](C)(C)C(C)(C)C. The zero-order chi connectivity index (χ0) is 30.4. The second-order valence-electron chi connectivity index (χ2n) is 12.4. The van der Waals surface area contributed by atoms with Gasteiger partial charge in [-0.3, -0.25) is 4.68 Å². The zero-order valence-electron chi connectivity index (χ0n) is 26.3. The predicted molar refractivity (Wildman–Crippen MR) is 178 cm³/mol. The highest BCUT2D eigenvalue weighted by molar-refractivity contribution is 9.09. The number of H-pyrrole nitrogens is 1. The smallest absolute Gasteiger partial charge is 0.355 e. The van der Waals surface area contributed by atoms with Crippen molar-refractivity contribution >= 4 is 52.7 Å². The number of hydrogen-bond donors (Lipinski definition) is 1. The molecule has 0 saturated carbocycles. The van der Waals surface area contributed by atoms with Crippen LogP contribution in [-0.2, 0) is 35.5 Å². The molecule has 0 aliphatic rings. The van der Waals surface area contributed by atoms with Crippen LogP contribution in [0, 0.1) is 0 Å². The second kappa shape index (κ2) is 14.7. The second-order valence-corrected chi connectivity index (χ2v) is 18.4. The Morgan fingerprint density at radius 2 is 1.78 bits per heavy atom. The number of benzene rings is 1. The maximum Gasteiger partial charge on any atom is 0.355 e. The largest absolute Gasteiger partial charge is 0.461 e. The van der Waals surface area contributed by atoms with E-state index in [9.17, 15) is 4.79 Å². The number of fused-ring (bicyclic) bond motifs is 1. The molecule has 3 aromatic rings. The Morgan fingerprint density at radius 1 is 1.07 bits per heavy atom. The Kier molecular flexibility index (Phi) is 12.2. The van der Waals surface area contributed by atoms with E-state index in [1.54, 1.807) is 0 Å². The minimum atomic E-state index is -1.85. The molecule has 0 atom stereocenters. The van der Waals surface area contributed by atoms with E-state index in [0.717, 1.165) is 76.4 Å². The van der Waals surface area contributed by atoms with Gasteiger partial charge in [0.1, 0.15) is 5.69 Å². The number of carbonyl (C=O) groups is 1. The summed E-state index contributed by atoms with van der Waals surface area (Å²) >= 11 is 10.5. The van der Waals surface area contributed by atoms with Gasteiger partial charge in [-0.15, -0.1) is 0 Å². The summed E-state index contributed by atoms with van der Waals surface area (Å²) in [5, 5.41) is 7.81. The normalized spacial score (nSPS) is 12.4. The first-order chi connectivity index (χ1) is 19.4. The number of alkyl halides is 1. The third-order valence-electron chi connectivity index (χ3n) is 8.47. The van der Waals surface area contributed by atoms with Crippen LogP contribution in [0.4, 0.5) is 0 Å². The highest BCUT2D eigenvalue weighted by Gasteiger charge is 2.37. The summed E-state index contributed by atoms with van der Waals surface area (Å²) in [6.07, 6.45) is 7.87. The van der Waals surface area contributed by atoms with Crippen LogP contribution in [0.1, 0.15) is 94.2 Å². The van der Waals surface area contributed by atoms with Gasteiger partial charge < -0.3 is 14.1 Å². The lowest BCUT2D eigenvalue weighted by Crippen LogP contribution is -2.41. The number of carbonyl (C=O) groups excluding carboxylic acids is 1. The summed E-state index contributed by atoms with van der Waals surface area (Å²) in [6.45, 7) is 16.3. The molecule has 1 N–H and O–H groups in total. The van der Waals surface area contributed by atoms with E-state index in [4.69, 9.17) is 25.9 Å². The van der Waals surface area contributed by atoms with Gasteiger partial charge in [0.25, 0.3) is 0 Å².